The minimum atomic E-state index is 0.363. The highest BCUT2D eigenvalue weighted by Gasteiger charge is 2.06. The number of unbranched alkanes of at least 4 members (excludes halogenated alkanes) is 1. The van der Waals surface area contributed by atoms with Crippen molar-refractivity contribution in [2.24, 2.45) is 0 Å². The Morgan fingerprint density at radius 1 is 1.36 bits per heavy atom. The Morgan fingerprint density at radius 2 is 2.07 bits per heavy atom. The van der Waals surface area contributed by atoms with Crippen LogP contribution in [0, 0.1) is 0 Å². The summed E-state index contributed by atoms with van der Waals surface area (Å²) in [7, 11) is 0. The van der Waals surface area contributed by atoms with Gasteiger partial charge in [-0.15, -0.1) is 6.58 Å². The quantitative estimate of drug-likeness (QED) is 0.539. The highest BCUT2D eigenvalue weighted by molar-refractivity contribution is 4.91. The molecule has 0 saturated heterocycles. The molecular weight excluding hydrogens is 172 g/mol. The fraction of sp³-hybridized carbons (Fsp3) is 0.417. The molecule has 0 aliphatic rings. The van der Waals surface area contributed by atoms with Crippen molar-refractivity contribution < 1.29 is 4.68 Å². The summed E-state index contributed by atoms with van der Waals surface area (Å²) in [4.78, 5) is 0. The van der Waals surface area contributed by atoms with Crippen molar-refractivity contribution in [3.63, 3.8) is 0 Å². The molecule has 1 atom stereocenters. The van der Waals surface area contributed by atoms with Gasteiger partial charge in [-0.05, 0) is 6.42 Å². The topological polar surface area (TPSA) is 15.9 Å². The smallest absolute Gasteiger partial charge is 0.186 e. The molecule has 1 rings (SSSR count). The lowest BCUT2D eigenvalue weighted by atomic mass is 10.1. The van der Waals surface area contributed by atoms with Gasteiger partial charge in [-0.3, -0.25) is 0 Å². The van der Waals surface area contributed by atoms with E-state index < -0.39 is 0 Å². The van der Waals surface area contributed by atoms with Gasteiger partial charge < -0.3 is 0 Å². The molecule has 0 radical (unpaired) electrons. The number of rotatable bonds is 6. The van der Waals surface area contributed by atoms with E-state index in [4.69, 9.17) is 0 Å². The molecule has 0 aromatic carbocycles. The third-order valence-corrected chi connectivity index (χ3v) is 2.18. The Labute approximate surface area is 86.2 Å². The largest absolute Gasteiger partial charge is 0.199 e. The molecule has 14 heavy (non-hydrogen) atoms. The van der Waals surface area contributed by atoms with Gasteiger partial charge in [0.15, 0.2) is 12.4 Å². The monoisotopic (exact) mass is 191 g/mol. The first kappa shape index (κ1) is 10.8. The van der Waals surface area contributed by atoms with Crippen molar-refractivity contribution in [2.75, 3.05) is 5.43 Å². The Balaban J connectivity index is 2.44. The molecule has 0 aliphatic heterocycles. The van der Waals surface area contributed by atoms with Crippen LogP contribution in [0.2, 0.25) is 0 Å². The van der Waals surface area contributed by atoms with E-state index >= 15 is 0 Å². The zero-order valence-electron chi connectivity index (χ0n) is 8.82. The van der Waals surface area contributed by atoms with Crippen LogP contribution in [0.15, 0.2) is 43.2 Å². The molecule has 2 heteroatoms. The van der Waals surface area contributed by atoms with Gasteiger partial charge in [-0.2, -0.15) is 5.43 Å². The van der Waals surface area contributed by atoms with Crippen molar-refractivity contribution in [1.82, 2.24) is 0 Å². The molecule has 0 amide bonds. The predicted octanol–water partition coefficient (Wildman–Crippen LogP) is 2.26. The van der Waals surface area contributed by atoms with Crippen LogP contribution < -0.4 is 10.1 Å². The van der Waals surface area contributed by atoms with Gasteiger partial charge in [-0.1, -0.05) is 36.6 Å². The summed E-state index contributed by atoms with van der Waals surface area (Å²) in [6.45, 7) is 6.04. The summed E-state index contributed by atoms with van der Waals surface area (Å²) in [6, 6.07) is 6.38. The van der Waals surface area contributed by atoms with E-state index in [-0.39, 0.29) is 0 Å². The first-order valence-corrected chi connectivity index (χ1v) is 5.22. The molecule has 76 valence electrons. The van der Waals surface area contributed by atoms with Crippen molar-refractivity contribution in [2.45, 2.75) is 32.2 Å². The molecular formula is C12H19N2+. The number of nitrogens with one attached hydrogen (secondary N) is 1. The van der Waals surface area contributed by atoms with Crippen LogP contribution >= 0.6 is 0 Å². The van der Waals surface area contributed by atoms with Crippen LogP contribution in [0.25, 0.3) is 0 Å². The molecule has 1 N–H and O–H groups in total. The fourth-order valence-electron chi connectivity index (χ4n) is 1.34. The standard InChI is InChI=1S/C12H19N2/c1-3-5-9-12(4-2)13-14-10-7-6-8-11-14/h4,6-8,10-13H,2-3,5,9H2,1H3/q+1. The predicted molar refractivity (Wildman–Crippen MR) is 59.5 cm³/mol. The molecule has 1 heterocycles. The van der Waals surface area contributed by atoms with Crippen LogP contribution in [-0.4, -0.2) is 6.04 Å². The third-order valence-electron chi connectivity index (χ3n) is 2.18. The molecule has 0 aliphatic carbocycles. The first-order chi connectivity index (χ1) is 6.86. The zero-order valence-corrected chi connectivity index (χ0v) is 8.82. The molecule has 0 saturated carbocycles. The number of pyridine rings is 1. The number of nitrogens with zero attached hydrogens (tertiary/aromatic N) is 1. The lowest BCUT2D eigenvalue weighted by Gasteiger charge is -2.09. The van der Waals surface area contributed by atoms with Crippen molar-refractivity contribution in [3.05, 3.63) is 43.2 Å². The van der Waals surface area contributed by atoms with Crippen LogP contribution in [0.1, 0.15) is 26.2 Å². The molecule has 1 unspecified atom stereocenters. The van der Waals surface area contributed by atoms with E-state index in [0.29, 0.717) is 6.04 Å². The maximum Gasteiger partial charge on any atom is 0.199 e. The SMILES string of the molecule is C=CC(CCCC)N[n+]1ccccc1. The van der Waals surface area contributed by atoms with Crippen LogP contribution in [0.4, 0.5) is 0 Å². The van der Waals surface area contributed by atoms with Gasteiger partial charge >= 0.3 is 0 Å². The second-order valence-electron chi connectivity index (χ2n) is 3.40. The van der Waals surface area contributed by atoms with Gasteiger partial charge in [0.05, 0.1) is 6.04 Å². The van der Waals surface area contributed by atoms with Gasteiger partial charge in [0, 0.05) is 12.1 Å². The van der Waals surface area contributed by atoms with Gasteiger partial charge in [-0.25, -0.2) is 0 Å². The molecule has 0 spiro atoms. The summed E-state index contributed by atoms with van der Waals surface area (Å²) >= 11 is 0. The molecule has 0 fully saturated rings. The molecule has 2 nitrogen and oxygen atoms in total. The number of aromatic nitrogens is 1. The molecule has 0 bridgehead atoms. The van der Waals surface area contributed by atoms with E-state index in [1.807, 2.05) is 41.3 Å². The summed E-state index contributed by atoms with van der Waals surface area (Å²) in [6.07, 6.45) is 9.57. The third kappa shape index (κ3) is 3.60. The summed E-state index contributed by atoms with van der Waals surface area (Å²) in [5, 5.41) is 0. The highest BCUT2D eigenvalue weighted by atomic mass is 15.4. The van der Waals surface area contributed by atoms with E-state index in [0.717, 1.165) is 6.42 Å². The summed E-state index contributed by atoms with van der Waals surface area (Å²) in [5.41, 5.74) is 3.36. The zero-order chi connectivity index (χ0) is 10.2. The number of hydrogen-bond acceptors (Lipinski definition) is 1. The first-order valence-electron chi connectivity index (χ1n) is 5.22. The van der Waals surface area contributed by atoms with Crippen LogP contribution in [0.5, 0.6) is 0 Å². The summed E-state index contributed by atoms with van der Waals surface area (Å²) in [5.74, 6) is 0. The minimum Gasteiger partial charge on any atom is -0.186 e. The van der Waals surface area contributed by atoms with E-state index in [1.54, 1.807) is 0 Å². The molecule has 1 aromatic heterocycles. The van der Waals surface area contributed by atoms with E-state index in [1.165, 1.54) is 12.8 Å². The van der Waals surface area contributed by atoms with Crippen molar-refractivity contribution >= 4 is 0 Å². The van der Waals surface area contributed by atoms with Gasteiger partial charge in [0.1, 0.15) is 0 Å². The Kier molecular flexibility index (Phi) is 4.76. The average molecular weight is 191 g/mol. The minimum absolute atomic E-state index is 0.363. The van der Waals surface area contributed by atoms with Crippen molar-refractivity contribution in [3.8, 4) is 0 Å². The van der Waals surface area contributed by atoms with E-state index in [2.05, 4.69) is 18.9 Å². The van der Waals surface area contributed by atoms with Crippen LogP contribution in [-0.2, 0) is 0 Å². The normalized spacial score (nSPS) is 12.1. The van der Waals surface area contributed by atoms with Crippen molar-refractivity contribution in [1.29, 1.82) is 0 Å². The Bertz CT molecular complexity index is 256. The average Bonchev–Trinajstić information content (AvgIpc) is 2.25. The second kappa shape index (κ2) is 6.19. The maximum absolute atomic E-state index is 3.83. The maximum atomic E-state index is 3.83. The molecule has 1 aromatic rings. The Morgan fingerprint density at radius 3 is 2.64 bits per heavy atom. The highest BCUT2D eigenvalue weighted by Crippen LogP contribution is 2.00. The van der Waals surface area contributed by atoms with Gasteiger partial charge in [0.2, 0.25) is 0 Å². The van der Waals surface area contributed by atoms with E-state index in [9.17, 15) is 0 Å². The van der Waals surface area contributed by atoms with Gasteiger partial charge in [0.25, 0.3) is 0 Å². The number of hydrogen-bond donors (Lipinski definition) is 1. The van der Waals surface area contributed by atoms with Crippen LogP contribution in [0.3, 0.4) is 0 Å². The fourth-order valence-corrected chi connectivity index (χ4v) is 1.34. The second-order valence-corrected chi connectivity index (χ2v) is 3.40. The Hall–Kier alpha value is -1.31. The summed E-state index contributed by atoms with van der Waals surface area (Å²) < 4.78 is 1.97. The lowest BCUT2D eigenvalue weighted by molar-refractivity contribution is -0.652. The lowest BCUT2D eigenvalue weighted by Crippen LogP contribution is -2.48.